The van der Waals surface area contributed by atoms with Gasteiger partial charge in [-0.3, -0.25) is 5.73 Å². The van der Waals surface area contributed by atoms with Crippen LogP contribution in [0.3, 0.4) is 0 Å². The van der Waals surface area contributed by atoms with Crippen LogP contribution in [-0.2, 0) is 9.84 Å². The summed E-state index contributed by atoms with van der Waals surface area (Å²) < 4.78 is 24.2. The van der Waals surface area contributed by atoms with Gasteiger partial charge in [-0.2, -0.15) is 0 Å². The van der Waals surface area contributed by atoms with Gasteiger partial charge >= 0.3 is 0 Å². The first-order valence-electron chi connectivity index (χ1n) is 4.44. The molecule has 2 aromatic rings. The second-order valence-corrected chi connectivity index (χ2v) is 7.01. The topological polar surface area (TPSA) is 93.3 Å². The molecule has 0 spiro atoms. The summed E-state index contributed by atoms with van der Waals surface area (Å²) >= 11 is 0.992. The Morgan fingerprint density at radius 3 is 2.62 bits per heavy atom. The Bertz CT molecular complexity index is 592. The molecule has 0 saturated carbocycles. The lowest BCUT2D eigenvalue weighted by Gasteiger charge is -2.15. The summed E-state index contributed by atoms with van der Waals surface area (Å²) in [7, 11) is -4.00. The predicted molar refractivity (Wildman–Crippen MR) is 61.6 cm³/mol. The molecule has 0 radical (unpaired) electrons. The maximum Gasteiger partial charge on any atom is 0.248 e. The Morgan fingerprint density at radius 2 is 2.06 bits per heavy atom. The molecular formula is C9H10N2O3S2. The van der Waals surface area contributed by atoms with E-state index in [2.05, 4.69) is 4.98 Å². The number of fused-ring (bicyclic) bond motifs is 1. The maximum absolute atomic E-state index is 11.8. The van der Waals surface area contributed by atoms with Crippen molar-refractivity contribution in [2.24, 2.45) is 5.73 Å². The quantitative estimate of drug-likeness (QED) is 0.773. The molecule has 0 fully saturated rings. The van der Waals surface area contributed by atoms with Crippen LogP contribution in [0.2, 0.25) is 0 Å². The van der Waals surface area contributed by atoms with Crippen LogP contribution in [0.5, 0.6) is 0 Å². The SMILES string of the molecule is CC(N)(O)S(=O)(=O)c1nc2ccccc2s1. The van der Waals surface area contributed by atoms with Gasteiger partial charge in [-0.05, 0) is 19.1 Å². The van der Waals surface area contributed by atoms with Gasteiger partial charge in [0.25, 0.3) is 0 Å². The molecule has 1 unspecified atom stereocenters. The van der Waals surface area contributed by atoms with E-state index < -0.39 is 14.9 Å². The number of para-hydroxylation sites is 1. The number of aliphatic hydroxyl groups is 1. The number of aromatic nitrogens is 1. The van der Waals surface area contributed by atoms with Crippen molar-refractivity contribution in [3.05, 3.63) is 24.3 Å². The van der Waals surface area contributed by atoms with Crippen LogP contribution in [0.4, 0.5) is 0 Å². The van der Waals surface area contributed by atoms with Crippen LogP contribution in [0.1, 0.15) is 6.92 Å². The lowest BCUT2D eigenvalue weighted by molar-refractivity contribution is 0.152. The summed E-state index contributed by atoms with van der Waals surface area (Å²) in [5.74, 6) is 0. The zero-order valence-corrected chi connectivity index (χ0v) is 10.0. The number of nitrogens with two attached hydrogens (primary N) is 1. The minimum absolute atomic E-state index is 0.166. The van der Waals surface area contributed by atoms with Gasteiger partial charge in [0, 0.05) is 0 Å². The summed E-state index contributed by atoms with van der Waals surface area (Å²) in [5, 5.41) is 7.08. The highest BCUT2D eigenvalue weighted by atomic mass is 32.2. The molecule has 1 atom stereocenters. The van der Waals surface area contributed by atoms with Crippen LogP contribution < -0.4 is 5.73 Å². The van der Waals surface area contributed by atoms with Crippen LogP contribution in [0.25, 0.3) is 10.2 Å². The average molecular weight is 258 g/mol. The van der Waals surface area contributed by atoms with Crippen LogP contribution in [0, 0.1) is 0 Å². The molecule has 5 nitrogen and oxygen atoms in total. The molecule has 0 amide bonds. The second-order valence-electron chi connectivity index (χ2n) is 3.51. The molecule has 1 aromatic carbocycles. The third-order valence-electron chi connectivity index (χ3n) is 2.05. The molecule has 7 heteroatoms. The normalized spacial score (nSPS) is 16.2. The molecule has 16 heavy (non-hydrogen) atoms. The molecule has 0 bridgehead atoms. The van der Waals surface area contributed by atoms with Gasteiger partial charge in [0.2, 0.25) is 19.2 Å². The van der Waals surface area contributed by atoms with E-state index in [-0.39, 0.29) is 4.34 Å². The number of hydrogen-bond acceptors (Lipinski definition) is 6. The molecule has 1 heterocycles. The Morgan fingerprint density at radius 1 is 1.44 bits per heavy atom. The fourth-order valence-electron chi connectivity index (χ4n) is 1.14. The zero-order chi connectivity index (χ0) is 12.0. The smallest absolute Gasteiger partial charge is 0.248 e. The standard InChI is InChI=1S/C9H10N2O3S2/c1-9(10,12)16(13,14)8-11-6-4-2-3-5-7(6)15-8/h2-5,12H,10H2,1H3. The molecular weight excluding hydrogens is 248 g/mol. The maximum atomic E-state index is 11.8. The lowest BCUT2D eigenvalue weighted by atomic mass is 10.3. The van der Waals surface area contributed by atoms with Crippen molar-refractivity contribution in [1.82, 2.24) is 4.98 Å². The number of benzene rings is 1. The molecule has 1 aromatic heterocycles. The fraction of sp³-hybridized carbons (Fsp3) is 0.222. The van der Waals surface area contributed by atoms with Gasteiger partial charge in [-0.25, -0.2) is 13.4 Å². The van der Waals surface area contributed by atoms with E-state index in [9.17, 15) is 13.5 Å². The number of nitrogens with zero attached hydrogens (tertiary/aromatic N) is 1. The van der Waals surface area contributed by atoms with Gasteiger partial charge < -0.3 is 5.11 Å². The lowest BCUT2D eigenvalue weighted by Crippen LogP contribution is -2.44. The Kier molecular flexibility index (Phi) is 2.50. The number of hydrogen-bond donors (Lipinski definition) is 2. The molecule has 0 aliphatic carbocycles. The molecule has 86 valence electrons. The first-order chi connectivity index (χ1) is 7.32. The van der Waals surface area contributed by atoms with E-state index in [4.69, 9.17) is 5.73 Å². The van der Waals surface area contributed by atoms with Crippen molar-refractivity contribution < 1.29 is 13.5 Å². The minimum atomic E-state index is -4.00. The van der Waals surface area contributed by atoms with E-state index in [0.29, 0.717) is 5.52 Å². The van der Waals surface area contributed by atoms with E-state index >= 15 is 0 Å². The van der Waals surface area contributed by atoms with E-state index in [0.717, 1.165) is 23.0 Å². The summed E-state index contributed by atoms with van der Waals surface area (Å²) in [4.78, 5) is 3.94. The second kappa shape index (κ2) is 3.49. The summed E-state index contributed by atoms with van der Waals surface area (Å²) in [6.45, 7) is 1.02. The van der Waals surface area contributed by atoms with Crippen molar-refractivity contribution in [2.45, 2.75) is 16.3 Å². The van der Waals surface area contributed by atoms with Crippen LogP contribution in [0.15, 0.2) is 28.6 Å². The molecule has 2 rings (SSSR count). The van der Waals surface area contributed by atoms with Gasteiger partial charge in [0.05, 0.1) is 10.2 Å². The number of thiazole rings is 1. The molecule has 0 aliphatic rings. The van der Waals surface area contributed by atoms with E-state index in [1.54, 1.807) is 24.3 Å². The average Bonchev–Trinajstić information content (AvgIpc) is 2.59. The Balaban J connectivity index is 2.66. The van der Waals surface area contributed by atoms with Gasteiger partial charge in [-0.15, -0.1) is 11.3 Å². The van der Waals surface area contributed by atoms with Crippen molar-refractivity contribution >= 4 is 31.4 Å². The van der Waals surface area contributed by atoms with E-state index in [1.807, 2.05) is 0 Å². The van der Waals surface area contributed by atoms with E-state index in [1.165, 1.54) is 0 Å². The summed E-state index contributed by atoms with van der Waals surface area (Å²) in [5.41, 5.74) is 5.78. The molecule has 0 saturated heterocycles. The van der Waals surface area contributed by atoms with Gasteiger partial charge in [-0.1, -0.05) is 12.1 Å². The van der Waals surface area contributed by atoms with Crippen molar-refractivity contribution in [3.8, 4) is 0 Å². The number of rotatable bonds is 2. The van der Waals surface area contributed by atoms with Crippen LogP contribution >= 0.6 is 11.3 Å². The minimum Gasteiger partial charge on any atom is -0.363 e. The van der Waals surface area contributed by atoms with Gasteiger partial charge in [0.15, 0.2) is 0 Å². The van der Waals surface area contributed by atoms with Crippen molar-refractivity contribution in [1.29, 1.82) is 0 Å². The van der Waals surface area contributed by atoms with Gasteiger partial charge in [0.1, 0.15) is 0 Å². The van der Waals surface area contributed by atoms with Crippen molar-refractivity contribution in [3.63, 3.8) is 0 Å². The number of sulfone groups is 1. The highest BCUT2D eigenvalue weighted by Gasteiger charge is 2.36. The first-order valence-corrected chi connectivity index (χ1v) is 6.74. The fourth-order valence-corrected chi connectivity index (χ4v) is 3.63. The zero-order valence-electron chi connectivity index (χ0n) is 8.41. The first kappa shape index (κ1) is 11.5. The molecule has 0 aliphatic heterocycles. The largest absolute Gasteiger partial charge is 0.363 e. The molecule has 3 N–H and O–H groups in total. The summed E-state index contributed by atoms with van der Waals surface area (Å²) in [6.07, 6.45) is 0. The monoisotopic (exact) mass is 258 g/mol. The van der Waals surface area contributed by atoms with Crippen molar-refractivity contribution in [2.75, 3.05) is 0 Å². The third-order valence-corrected chi connectivity index (χ3v) is 5.43. The highest BCUT2D eigenvalue weighted by Crippen LogP contribution is 2.28. The Hall–Kier alpha value is -1.02. The predicted octanol–water partition coefficient (Wildman–Crippen LogP) is 0.695. The Labute approximate surface area is 96.5 Å². The third kappa shape index (κ3) is 1.71. The highest BCUT2D eigenvalue weighted by molar-refractivity contribution is 7.94. The summed E-state index contributed by atoms with van der Waals surface area (Å²) in [6, 6.07) is 7.02. The van der Waals surface area contributed by atoms with Crippen LogP contribution in [-0.4, -0.2) is 23.6 Å².